The molecule has 1 aromatic heterocycles. The van der Waals surface area contributed by atoms with Crippen molar-refractivity contribution in [3.8, 4) is 0 Å². The Balaban J connectivity index is 1.89. The van der Waals surface area contributed by atoms with Crippen LogP contribution in [0.15, 0.2) is 12.4 Å². The minimum Gasteiger partial charge on any atom is -0.481 e. The van der Waals surface area contributed by atoms with Gasteiger partial charge in [-0.25, -0.2) is 4.68 Å². The van der Waals surface area contributed by atoms with E-state index in [1.165, 1.54) is 4.68 Å². The van der Waals surface area contributed by atoms with E-state index in [2.05, 4.69) is 10.3 Å². The number of amides is 1. The number of rotatable bonds is 5. The van der Waals surface area contributed by atoms with Crippen molar-refractivity contribution >= 4 is 11.9 Å². The van der Waals surface area contributed by atoms with Gasteiger partial charge in [-0.15, -0.1) is 5.10 Å². The first-order valence-electron chi connectivity index (χ1n) is 6.90. The number of carbonyl (C=O) groups is 2. The number of carboxylic acids is 1. The van der Waals surface area contributed by atoms with Gasteiger partial charge in [0.25, 0.3) is 0 Å². The number of carbonyl (C=O) groups excluding carboxylic acids is 1. The van der Waals surface area contributed by atoms with Crippen molar-refractivity contribution in [2.24, 2.45) is 11.8 Å². The van der Waals surface area contributed by atoms with Crippen LogP contribution in [0.1, 0.15) is 26.2 Å². The first-order valence-corrected chi connectivity index (χ1v) is 6.90. The van der Waals surface area contributed by atoms with Crippen LogP contribution in [-0.4, -0.2) is 50.0 Å². The summed E-state index contributed by atoms with van der Waals surface area (Å²) >= 11 is 0. The molecule has 1 aliphatic rings. The van der Waals surface area contributed by atoms with E-state index in [0.717, 1.165) is 19.4 Å². The molecule has 1 aromatic rings. The number of nitrogens with zero attached hydrogens (tertiary/aromatic N) is 4. The molecule has 0 saturated carbocycles. The Morgan fingerprint density at radius 1 is 1.50 bits per heavy atom. The third-order valence-electron chi connectivity index (χ3n) is 3.88. The van der Waals surface area contributed by atoms with Gasteiger partial charge in [-0.1, -0.05) is 12.1 Å². The second kappa shape index (κ2) is 6.49. The van der Waals surface area contributed by atoms with E-state index in [1.807, 2.05) is 11.8 Å². The highest BCUT2D eigenvalue weighted by Gasteiger charge is 2.28. The van der Waals surface area contributed by atoms with Crippen LogP contribution in [-0.2, 0) is 16.1 Å². The van der Waals surface area contributed by atoms with Gasteiger partial charge in [-0.3, -0.25) is 9.59 Å². The van der Waals surface area contributed by atoms with Crippen molar-refractivity contribution in [1.29, 1.82) is 0 Å². The zero-order chi connectivity index (χ0) is 14.5. The van der Waals surface area contributed by atoms with Crippen LogP contribution >= 0.6 is 0 Å². The summed E-state index contributed by atoms with van der Waals surface area (Å²) in [6, 6.07) is 0. The molecule has 2 rings (SSSR count). The summed E-state index contributed by atoms with van der Waals surface area (Å²) in [5.74, 6) is -0.402. The van der Waals surface area contributed by atoms with E-state index in [4.69, 9.17) is 5.11 Å². The molecule has 0 bridgehead atoms. The van der Waals surface area contributed by atoms with Gasteiger partial charge in [0.15, 0.2) is 0 Å². The van der Waals surface area contributed by atoms with Crippen molar-refractivity contribution in [2.45, 2.75) is 32.7 Å². The summed E-state index contributed by atoms with van der Waals surface area (Å²) in [5.41, 5.74) is 0. The lowest BCUT2D eigenvalue weighted by molar-refractivity contribution is -0.138. The molecule has 0 spiro atoms. The molecule has 1 saturated heterocycles. The number of hydrogen-bond donors (Lipinski definition) is 1. The fraction of sp³-hybridized carbons (Fsp3) is 0.692. The molecule has 1 aliphatic heterocycles. The Morgan fingerprint density at radius 3 is 2.95 bits per heavy atom. The lowest BCUT2D eigenvalue weighted by Gasteiger charge is -2.35. The monoisotopic (exact) mass is 280 g/mol. The summed E-state index contributed by atoms with van der Waals surface area (Å²) in [7, 11) is 0. The lowest BCUT2D eigenvalue weighted by Crippen LogP contribution is -2.43. The highest BCUT2D eigenvalue weighted by Crippen LogP contribution is 2.26. The predicted molar refractivity (Wildman–Crippen MR) is 70.7 cm³/mol. The van der Waals surface area contributed by atoms with E-state index in [1.54, 1.807) is 12.4 Å². The Hall–Kier alpha value is -1.92. The maximum Gasteiger partial charge on any atom is 0.303 e. The van der Waals surface area contributed by atoms with E-state index in [0.29, 0.717) is 6.54 Å². The highest BCUT2D eigenvalue weighted by molar-refractivity contribution is 5.76. The van der Waals surface area contributed by atoms with Gasteiger partial charge in [0, 0.05) is 25.7 Å². The number of hydrogen-bond acceptors (Lipinski definition) is 4. The second-order valence-electron chi connectivity index (χ2n) is 5.42. The predicted octanol–water partition coefficient (Wildman–Crippen LogP) is 0.627. The quantitative estimate of drug-likeness (QED) is 0.854. The number of aromatic nitrogens is 3. The van der Waals surface area contributed by atoms with Gasteiger partial charge in [-0.05, 0) is 24.7 Å². The van der Waals surface area contributed by atoms with Crippen molar-refractivity contribution in [3.63, 3.8) is 0 Å². The van der Waals surface area contributed by atoms with Crippen LogP contribution < -0.4 is 0 Å². The minimum absolute atomic E-state index is 0.0164. The zero-order valence-corrected chi connectivity index (χ0v) is 11.6. The van der Waals surface area contributed by atoms with E-state index in [-0.39, 0.29) is 30.7 Å². The SMILES string of the molecule is CC(CC(=O)O)C1CCCN(C(=O)Cn2ccnn2)C1. The Labute approximate surface area is 117 Å². The van der Waals surface area contributed by atoms with Crippen molar-refractivity contribution in [3.05, 3.63) is 12.4 Å². The average Bonchev–Trinajstić information content (AvgIpc) is 2.91. The van der Waals surface area contributed by atoms with Crippen LogP contribution in [0.4, 0.5) is 0 Å². The van der Waals surface area contributed by atoms with Gasteiger partial charge >= 0.3 is 5.97 Å². The van der Waals surface area contributed by atoms with Gasteiger partial charge in [0.2, 0.25) is 5.91 Å². The fourth-order valence-corrected chi connectivity index (χ4v) is 2.70. The zero-order valence-electron chi connectivity index (χ0n) is 11.6. The summed E-state index contributed by atoms with van der Waals surface area (Å²) < 4.78 is 1.51. The molecule has 7 heteroatoms. The maximum absolute atomic E-state index is 12.2. The molecule has 1 N–H and O–H groups in total. The first-order chi connectivity index (χ1) is 9.56. The third-order valence-corrected chi connectivity index (χ3v) is 3.88. The number of carboxylic acid groups (broad SMARTS) is 1. The van der Waals surface area contributed by atoms with Crippen LogP contribution in [0.5, 0.6) is 0 Å². The van der Waals surface area contributed by atoms with Crippen LogP contribution in [0, 0.1) is 11.8 Å². The molecule has 0 aromatic carbocycles. The molecule has 0 radical (unpaired) electrons. The molecule has 20 heavy (non-hydrogen) atoms. The number of piperidine rings is 1. The van der Waals surface area contributed by atoms with E-state index >= 15 is 0 Å². The molecule has 1 amide bonds. The Kier molecular flexibility index (Phi) is 4.70. The first kappa shape index (κ1) is 14.5. The molecule has 110 valence electrons. The van der Waals surface area contributed by atoms with Crippen LogP contribution in [0.2, 0.25) is 0 Å². The molecule has 7 nitrogen and oxygen atoms in total. The topological polar surface area (TPSA) is 88.3 Å². The minimum atomic E-state index is -0.774. The van der Waals surface area contributed by atoms with Crippen molar-refractivity contribution in [2.75, 3.05) is 13.1 Å². The van der Waals surface area contributed by atoms with Gasteiger partial charge in [-0.2, -0.15) is 0 Å². The van der Waals surface area contributed by atoms with E-state index in [9.17, 15) is 9.59 Å². The summed E-state index contributed by atoms with van der Waals surface area (Å²) in [4.78, 5) is 24.8. The number of likely N-dealkylation sites (tertiary alicyclic amines) is 1. The Morgan fingerprint density at radius 2 is 2.30 bits per heavy atom. The molecule has 2 unspecified atom stereocenters. The van der Waals surface area contributed by atoms with Gasteiger partial charge < -0.3 is 10.0 Å². The highest BCUT2D eigenvalue weighted by atomic mass is 16.4. The molecule has 0 aliphatic carbocycles. The van der Waals surface area contributed by atoms with Crippen molar-refractivity contribution in [1.82, 2.24) is 19.9 Å². The normalized spacial score (nSPS) is 20.6. The summed E-state index contributed by atoms with van der Waals surface area (Å²) in [6.45, 7) is 3.52. The van der Waals surface area contributed by atoms with Crippen molar-refractivity contribution < 1.29 is 14.7 Å². The van der Waals surface area contributed by atoms with Crippen LogP contribution in [0.3, 0.4) is 0 Å². The largest absolute Gasteiger partial charge is 0.481 e. The molecule has 1 fully saturated rings. The molecular weight excluding hydrogens is 260 g/mol. The standard InChI is InChI=1S/C13H20N4O3/c1-10(7-13(19)20)11-3-2-5-16(8-11)12(18)9-17-6-4-14-15-17/h4,6,10-11H,2-3,5,7-9H2,1H3,(H,19,20). The maximum atomic E-state index is 12.2. The lowest BCUT2D eigenvalue weighted by atomic mass is 9.84. The third kappa shape index (κ3) is 3.79. The van der Waals surface area contributed by atoms with E-state index < -0.39 is 5.97 Å². The summed E-state index contributed by atoms with van der Waals surface area (Å²) in [5, 5.41) is 16.3. The Bertz CT molecular complexity index is 460. The summed E-state index contributed by atoms with van der Waals surface area (Å²) in [6.07, 6.45) is 5.28. The van der Waals surface area contributed by atoms with Crippen LogP contribution in [0.25, 0.3) is 0 Å². The molecule has 2 heterocycles. The van der Waals surface area contributed by atoms with Gasteiger partial charge in [0.1, 0.15) is 6.54 Å². The molecule has 2 atom stereocenters. The fourth-order valence-electron chi connectivity index (χ4n) is 2.70. The second-order valence-corrected chi connectivity index (χ2v) is 5.42. The van der Waals surface area contributed by atoms with Gasteiger partial charge in [0.05, 0.1) is 6.20 Å². The smallest absolute Gasteiger partial charge is 0.303 e. The average molecular weight is 280 g/mol. The molecular formula is C13H20N4O3. The number of aliphatic carboxylic acids is 1.